The zero-order valence-electron chi connectivity index (χ0n) is 13.7. The molecule has 1 heterocycles. The Hall–Kier alpha value is -0.270. The molecule has 0 aromatic heterocycles. The first-order chi connectivity index (χ1) is 11.1. The fourth-order valence-electron chi connectivity index (χ4n) is 3.76. The number of carbonyl (C=O) groups is 1. The first kappa shape index (κ1) is 17.5. The monoisotopic (exact) mass is 444 g/mol. The number of aryl methyl sites for hydroxylation is 1. The molecule has 5 heteroatoms. The van der Waals surface area contributed by atoms with Crippen LogP contribution in [0.4, 0.5) is 0 Å². The standard InChI is InChI=1S/C18H25IN2OS/c1-14-4-5-15(12-16(14)19)17(22)20-13-18(6-2-3-7-18)21-8-10-23-11-9-21/h4-5,12H,2-3,6-11,13H2,1H3,(H,20,22). The summed E-state index contributed by atoms with van der Waals surface area (Å²) in [6, 6.07) is 5.96. The van der Waals surface area contributed by atoms with Gasteiger partial charge in [-0.2, -0.15) is 11.8 Å². The van der Waals surface area contributed by atoms with E-state index in [1.807, 2.05) is 18.2 Å². The Labute approximate surface area is 157 Å². The summed E-state index contributed by atoms with van der Waals surface area (Å²) in [5.74, 6) is 2.53. The highest BCUT2D eigenvalue weighted by Gasteiger charge is 2.40. The van der Waals surface area contributed by atoms with Gasteiger partial charge in [0.2, 0.25) is 0 Å². The number of amides is 1. The summed E-state index contributed by atoms with van der Waals surface area (Å²) in [7, 11) is 0. The molecule has 1 aliphatic heterocycles. The molecular formula is C18H25IN2OS. The maximum absolute atomic E-state index is 12.6. The number of carbonyl (C=O) groups excluding carboxylic acids is 1. The number of rotatable bonds is 4. The molecule has 0 radical (unpaired) electrons. The minimum Gasteiger partial charge on any atom is -0.350 e. The Morgan fingerprint density at radius 3 is 2.65 bits per heavy atom. The molecule has 2 aliphatic rings. The van der Waals surface area contributed by atoms with E-state index in [0.29, 0.717) is 0 Å². The molecule has 0 bridgehead atoms. The van der Waals surface area contributed by atoms with Crippen molar-refractivity contribution in [1.29, 1.82) is 0 Å². The number of halogens is 1. The van der Waals surface area contributed by atoms with E-state index in [9.17, 15) is 4.79 Å². The maximum atomic E-state index is 12.6. The fourth-order valence-corrected chi connectivity index (χ4v) is 5.17. The summed E-state index contributed by atoms with van der Waals surface area (Å²) in [6.07, 6.45) is 5.04. The van der Waals surface area contributed by atoms with Gasteiger partial charge in [-0.3, -0.25) is 9.69 Å². The molecule has 1 aromatic carbocycles. The van der Waals surface area contributed by atoms with Crippen molar-refractivity contribution in [2.75, 3.05) is 31.1 Å². The van der Waals surface area contributed by atoms with E-state index in [-0.39, 0.29) is 11.4 Å². The first-order valence-electron chi connectivity index (χ1n) is 8.48. The second-order valence-electron chi connectivity index (χ2n) is 6.68. The largest absolute Gasteiger partial charge is 0.350 e. The Morgan fingerprint density at radius 2 is 2.00 bits per heavy atom. The molecule has 1 aliphatic carbocycles. The van der Waals surface area contributed by atoms with Gasteiger partial charge in [0.25, 0.3) is 5.91 Å². The van der Waals surface area contributed by atoms with E-state index in [1.165, 1.54) is 55.8 Å². The number of nitrogens with one attached hydrogen (secondary N) is 1. The van der Waals surface area contributed by atoms with Gasteiger partial charge in [0.05, 0.1) is 0 Å². The fraction of sp³-hybridized carbons (Fsp3) is 0.611. The van der Waals surface area contributed by atoms with Gasteiger partial charge in [0.15, 0.2) is 0 Å². The number of nitrogens with zero attached hydrogens (tertiary/aromatic N) is 1. The van der Waals surface area contributed by atoms with E-state index in [4.69, 9.17) is 0 Å². The Bertz CT molecular complexity index is 566. The zero-order valence-corrected chi connectivity index (χ0v) is 16.7. The molecule has 1 saturated carbocycles. The summed E-state index contributed by atoms with van der Waals surface area (Å²) < 4.78 is 1.15. The number of thioether (sulfide) groups is 1. The zero-order chi connectivity index (χ0) is 16.3. The third-order valence-electron chi connectivity index (χ3n) is 5.23. The van der Waals surface area contributed by atoms with Gasteiger partial charge in [-0.25, -0.2) is 0 Å². The lowest BCUT2D eigenvalue weighted by atomic mass is 9.94. The molecule has 1 N–H and O–H groups in total. The summed E-state index contributed by atoms with van der Waals surface area (Å²) in [5.41, 5.74) is 2.21. The number of benzene rings is 1. The molecule has 0 atom stereocenters. The predicted octanol–water partition coefficient (Wildman–Crippen LogP) is 3.69. The van der Waals surface area contributed by atoms with Crippen LogP contribution in [0.3, 0.4) is 0 Å². The topological polar surface area (TPSA) is 32.3 Å². The van der Waals surface area contributed by atoms with Crippen LogP contribution >= 0.6 is 34.4 Å². The normalized spacial score (nSPS) is 21.3. The van der Waals surface area contributed by atoms with Crippen molar-refractivity contribution in [3.63, 3.8) is 0 Å². The highest BCUT2D eigenvalue weighted by Crippen LogP contribution is 2.36. The number of hydrogen-bond donors (Lipinski definition) is 1. The van der Waals surface area contributed by atoms with Crippen molar-refractivity contribution in [2.24, 2.45) is 0 Å². The molecule has 1 aromatic rings. The van der Waals surface area contributed by atoms with Crippen LogP contribution in [0, 0.1) is 10.5 Å². The van der Waals surface area contributed by atoms with Crippen molar-refractivity contribution in [3.05, 3.63) is 32.9 Å². The van der Waals surface area contributed by atoms with Crippen LogP contribution < -0.4 is 5.32 Å². The van der Waals surface area contributed by atoms with Gasteiger partial charge < -0.3 is 5.32 Å². The summed E-state index contributed by atoms with van der Waals surface area (Å²) in [6.45, 7) is 5.21. The van der Waals surface area contributed by atoms with Gasteiger partial charge in [-0.15, -0.1) is 0 Å². The van der Waals surface area contributed by atoms with Crippen molar-refractivity contribution >= 4 is 40.3 Å². The lowest BCUT2D eigenvalue weighted by Crippen LogP contribution is -2.56. The Kier molecular flexibility index (Phi) is 5.91. The summed E-state index contributed by atoms with van der Waals surface area (Å²) in [4.78, 5) is 15.2. The molecule has 1 saturated heterocycles. The lowest BCUT2D eigenvalue weighted by molar-refractivity contribution is 0.0817. The van der Waals surface area contributed by atoms with Gasteiger partial charge in [0, 0.05) is 45.8 Å². The molecule has 3 rings (SSSR count). The molecule has 2 fully saturated rings. The van der Waals surface area contributed by atoms with Crippen molar-refractivity contribution < 1.29 is 4.79 Å². The molecular weight excluding hydrogens is 419 g/mol. The molecule has 0 unspecified atom stereocenters. The van der Waals surface area contributed by atoms with E-state index < -0.39 is 0 Å². The van der Waals surface area contributed by atoms with Crippen LogP contribution in [0.1, 0.15) is 41.6 Å². The smallest absolute Gasteiger partial charge is 0.251 e. The minimum absolute atomic E-state index is 0.0700. The highest BCUT2D eigenvalue weighted by atomic mass is 127. The molecule has 1 amide bonds. The van der Waals surface area contributed by atoms with Gasteiger partial charge in [-0.1, -0.05) is 18.9 Å². The van der Waals surface area contributed by atoms with E-state index in [2.05, 4.69) is 51.5 Å². The first-order valence-corrected chi connectivity index (χ1v) is 10.7. The SMILES string of the molecule is Cc1ccc(C(=O)NCC2(N3CCSCC3)CCCC2)cc1I. The van der Waals surface area contributed by atoms with Crippen LogP contribution in [0.15, 0.2) is 18.2 Å². The van der Waals surface area contributed by atoms with Gasteiger partial charge in [-0.05, 0) is 60.1 Å². The second-order valence-corrected chi connectivity index (χ2v) is 9.06. The molecule has 23 heavy (non-hydrogen) atoms. The van der Waals surface area contributed by atoms with Crippen LogP contribution in [0.25, 0.3) is 0 Å². The van der Waals surface area contributed by atoms with Gasteiger partial charge >= 0.3 is 0 Å². The van der Waals surface area contributed by atoms with E-state index >= 15 is 0 Å². The van der Waals surface area contributed by atoms with Crippen molar-refractivity contribution in [2.45, 2.75) is 38.1 Å². The Balaban J connectivity index is 1.66. The second kappa shape index (κ2) is 7.74. The van der Waals surface area contributed by atoms with E-state index in [1.54, 1.807) is 0 Å². The molecule has 0 spiro atoms. The highest BCUT2D eigenvalue weighted by molar-refractivity contribution is 14.1. The minimum atomic E-state index is 0.0700. The molecule has 3 nitrogen and oxygen atoms in total. The summed E-state index contributed by atoms with van der Waals surface area (Å²) >= 11 is 4.35. The van der Waals surface area contributed by atoms with Crippen molar-refractivity contribution in [1.82, 2.24) is 10.2 Å². The van der Waals surface area contributed by atoms with Crippen LogP contribution in [0.2, 0.25) is 0 Å². The maximum Gasteiger partial charge on any atom is 0.251 e. The van der Waals surface area contributed by atoms with Crippen LogP contribution in [0.5, 0.6) is 0 Å². The average Bonchev–Trinajstić information content (AvgIpc) is 3.06. The molecule has 126 valence electrons. The predicted molar refractivity (Wildman–Crippen MR) is 106 cm³/mol. The van der Waals surface area contributed by atoms with E-state index in [0.717, 1.165) is 15.7 Å². The number of hydrogen-bond acceptors (Lipinski definition) is 3. The quantitative estimate of drug-likeness (QED) is 0.720. The van der Waals surface area contributed by atoms with Crippen LogP contribution in [-0.4, -0.2) is 47.5 Å². The third-order valence-corrected chi connectivity index (χ3v) is 7.33. The van der Waals surface area contributed by atoms with Crippen molar-refractivity contribution in [3.8, 4) is 0 Å². The van der Waals surface area contributed by atoms with Crippen LogP contribution in [-0.2, 0) is 0 Å². The summed E-state index contributed by atoms with van der Waals surface area (Å²) in [5, 5.41) is 3.23. The third kappa shape index (κ3) is 4.04. The Morgan fingerprint density at radius 1 is 1.30 bits per heavy atom. The average molecular weight is 444 g/mol. The van der Waals surface area contributed by atoms with Gasteiger partial charge in [0.1, 0.15) is 0 Å². The lowest BCUT2D eigenvalue weighted by Gasteiger charge is -2.43.